The first kappa shape index (κ1) is 25.4. The van der Waals surface area contributed by atoms with Crippen LogP contribution in [0.1, 0.15) is 30.9 Å². The Labute approximate surface area is 194 Å². The van der Waals surface area contributed by atoms with Crippen LogP contribution in [0, 0.1) is 6.92 Å². The van der Waals surface area contributed by atoms with Crippen LogP contribution in [0.25, 0.3) is 0 Å². The molecule has 13 heteroatoms. The maximum Gasteiger partial charge on any atom is 0.419 e. The molecule has 1 saturated heterocycles. The van der Waals surface area contributed by atoms with E-state index < -0.39 is 11.7 Å². The highest BCUT2D eigenvalue weighted by molar-refractivity contribution is 5.76. The summed E-state index contributed by atoms with van der Waals surface area (Å²) in [7, 11) is 0. The molecule has 10 nitrogen and oxygen atoms in total. The van der Waals surface area contributed by atoms with Gasteiger partial charge in [-0.1, -0.05) is 0 Å². The number of carbonyl (C=O) groups excluding carboxylic acids is 1. The largest absolute Gasteiger partial charge is 0.419 e. The highest BCUT2D eigenvalue weighted by Crippen LogP contribution is 2.28. The number of halogens is 3. The minimum atomic E-state index is -4.48. The van der Waals surface area contributed by atoms with Crippen LogP contribution in [0.4, 0.5) is 24.8 Å². The molecule has 1 aliphatic rings. The van der Waals surface area contributed by atoms with Crippen LogP contribution in [-0.4, -0.2) is 76.4 Å². The molecule has 3 heterocycles. The summed E-state index contributed by atoms with van der Waals surface area (Å²) in [5.41, 5.74) is 0.0113. The summed E-state index contributed by atoms with van der Waals surface area (Å²) in [6.45, 7) is 6.14. The summed E-state index contributed by atoms with van der Waals surface area (Å²) in [5.74, 6) is 0.170. The summed E-state index contributed by atoms with van der Waals surface area (Å²) >= 11 is 0. The molecule has 2 aromatic rings. The summed E-state index contributed by atoms with van der Waals surface area (Å²) in [6.07, 6.45) is -0.521. The van der Waals surface area contributed by atoms with Crippen molar-refractivity contribution < 1.29 is 22.7 Å². The van der Waals surface area contributed by atoms with E-state index in [9.17, 15) is 22.8 Å². The fourth-order valence-corrected chi connectivity index (χ4v) is 3.49. The maximum atomic E-state index is 12.7. The first-order valence-corrected chi connectivity index (χ1v) is 11.0. The molecule has 1 amide bonds. The molecule has 1 fully saturated rings. The van der Waals surface area contributed by atoms with Crippen molar-refractivity contribution in [2.24, 2.45) is 0 Å². The number of alkyl halides is 3. The van der Waals surface area contributed by atoms with E-state index in [1.807, 2.05) is 6.92 Å². The van der Waals surface area contributed by atoms with E-state index in [0.29, 0.717) is 50.5 Å². The molecule has 0 radical (unpaired) electrons. The Kier molecular flexibility index (Phi) is 8.42. The minimum Gasteiger partial charge on any atom is -0.379 e. The van der Waals surface area contributed by atoms with Gasteiger partial charge in [-0.25, -0.2) is 15.1 Å². The lowest BCUT2D eigenvalue weighted by Gasteiger charge is -2.22. The van der Waals surface area contributed by atoms with Crippen molar-refractivity contribution in [3.8, 4) is 0 Å². The fraction of sp³-hybridized carbons (Fsp3) is 0.571. The first-order valence-electron chi connectivity index (χ1n) is 11.0. The van der Waals surface area contributed by atoms with Gasteiger partial charge in [0.1, 0.15) is 0 Å². The number of amides is 1. The number of anilines is 2. The SMILES string of the molecule is Cc1c(N[C@@H](C)COCCC(=O)N2CCCN(c3ncc(C(F)(F)F)cn3)CC2)cn[nH]c1=O. The summed E-state index contributed by atoms with van der Waals surface area (Å²) in [4.78, 5) is 35.4. The molecular weight excluding hydrogens is 455 g/mol. The monoisotopic (exact) mass is 483 g/mol. The number of aromatic amines is 1. The number of ether oxygens (including phenoxy) is 1. The number of hydrogen-bond acceptors (Lipinski definition) is 8. The van der Waals surface area contributed by atoms with Gasteiger partial charge in [0.05, 0.1) is 37.1 Å². The molecule has 0 unspecified atom stereocenters. The lowest BCUT2D eigenvalue weighted by molar-refractivity contribution is -0.138. The van der Waals surface area contributed by atoms with Gasteiger partial charge in [-0.15, -0.1) is 0 Å². The third-order valence-corrected chi connectivity index (χ3v) is 5.43. The molecule has 0 saturated carbocycles. The number of nitrogens with one attached hydrogen (secondary N) is 2. The van der Waals surface area contributed by atoms with Crippen molar-refractivity contribution in [3.63, 3.8) is 0 Å². The molecule has 0 spiro atoms. The lowest BCUT2D eigenvalue weighted by Crippen LogP contribution is -2.36. The number of nitrogens with zero attached hydrogens (tertiary/aromatic N) is 5. The van der Waals surface area contributed by atoms with Crippen molar-refractivity contribution in [3.05, 3.63) is 40.1 Å². The van der Waals surface area contributed by atoms with E-state index in [-0.39, 0.29) is 36.5 Å². The third kappa shape index (κ3) is 6.89. The van der Waals surface area contributed by atoms with Gasteiger partial charge in [0.15, 0.2) is 0 Å². The van der Waals surface area contributed by atoms with Gasteiger partial charge in [-0.3, -0.25) is 9.59 Å². The molecule has 2 aromatic heterocycles. The number of H-pyrrole nitrogens is 1. The molecule has 2 N–H and O–H groups in total. The van der Waals surface area contributed by atoms with Gasteiger partial charge < -0.3 is 19.9 Å². The predicted octanol–water partition coefficient (Wildman–Crippen LogP) is 1.83. The summed E-state index contributed by atoms with van der Waals surface area (Å²) < 4.78 is 43.7. The number of hydrogen-bond donors (Lipinski definition) is 2. The van der Waals surface area contributed by atoms with E-state index >= 15 is 0 Å². The second kappa shape index (κ2) is 11.3. The van der Waals surface area contributed by atoms with E-state index in [4.69, 9.17) is 4.74 Å². The second-order valence-corrected chi connectivity index (χ2v) is 8.10. The van der Waals surface area contributed by atoms with Crippen LogP contribution < -0.4 is 15.8 Å². The highest BCUT2D eigenvalue weighted by atomic mass is 19.4. The summed E-state index contributed by atoms with van der Waals surface area (Å²) in [5, 5.41) is 9.29. The van der Waals surface area contributed by atoms with Gasteiger partial charge in [0.25, 0.3) is 5.56 Å². The van der Waals surface area contributed by atoms with Crippen LogP contribution in [-0.2, 0) is 15.7 Å². The zero-order valence-corrected chi connectivity index (χ0v) is 19.1. The second-order valence-electron chi connectivity index (χ2n) is 8.10. The van der Waals surface area contributed by atoms with Gasteiger partial charge in [0, 0.05) is 50.2 Å². The van der Waals surface area contributed by atoms with E-state index in [1.165, 1.54) is 6.20 Å². The number of rotatable bonds is 8. The zero-order valence-electron chi connectivity index (χ0n) is 19.1. The first-order chi connectivity index (χ1) is 16.1. The van der Waals surface area contributed by atoms with Gasteiger partial charge in [-0.2, -0.15) is 18.3 Å². The Balaban J connectivity index is 1.40. The zero-order chi connectivity index (χ0) is 24.7. The number of aromatic nitrogens is 4. The number of carbonyl (C=O) groups is 1. The minimum absolute atomic E-state index is 0.0505. The van der Waals surface area contributed by atoms with Crippen molar-refractivity contribution >= 4 is 17.5 Å². The van der Waals surface area contributed by atoms with E-state index in [2.05, 4.69) is 25.5 Å². The predicted molar refractivity (Wildman–Crippen MR) is 119 cm³/mol. The fourth-order valence-electron chi connectivity index (χ4n) is 3.49. The standard InChI is InChI=1S/C21H28F3N7O3/c1-14(28-17-12-27-29-19(33)15(17)2)13-34-9-4-18(32)30-5-3-6-31(8-7-30)20-25-10-16(11-26-20)21(22,23)24/h10-12,14H,3-9,13H2,1-2H3,(H2,28,29,33)/t14-/m0/s1. The van der Waals surface area contributed by atoms with Crippen LogP contribution in [0.2, 0.25) is 0 Å². The molecule has 34 heavy (non-hydrogen) atoms. The van der Waals surface area contributed by atoms with Crippen molar-refractivity contribution in [2.45, 2.75) is 38.9 Å². The van der Waals surface area contributed by atoms with Gasteiger partial charge in [0.2, 0.25) is 11.9 Å². The van der Waals surface area contributed by atoms with Gasteiger partial charge in [-0.05, 0) is 20.3 Å². The average molecular weight is 483 g/mol. The van der Waals surface area contributed by atoms with Crippen molar-refractivity contribution in [1.29, 1.82) is 0 Å². The smallest absolute Gasteiger partial charge is 0.379 e. The molecule has 0 aromatic carbocycles. The molecule has 3 rings (SSSR count). The Morgan fingerprint density at radius 2 is 1.94 bits per heavy atom. The Bertz CT molecular complexity index is 1010. The molecule has 186 valence electrons. The molecule has 0 bridgehead atoms. The van der Waals surface area contributed by atoms with Crippen molar-refractivity contribution in [2.75, 3.05) is 49.6 Å². The lowest BCUT2D eigenvalue weighted by atomic mass is 10.2. The molecule has 1 aliphatic heterocycles. The molecule has 1 atom stereocenters. The Morgan fingerprint density at radius 3 is 2.65 bits per heavy atom. The topological polar surface area (TPSA) is 116 Å². The Hall–Kier alpha value is -3.22. The third-order valence-electron chi connectivity index (χ3n) is 5.43. The van der Waals surface area contributed by atoms with E-state index in [1.54, 1.807) is 16.7 Å². The normalized spacial score (nSPS) is 15.7. The summed E-state index contributed by atoms with van der Waals surface area (Å²) in [6, 6.07) is -0.0899. The van der Waals surface area contributed by atoms with Crippen LogP contribution in [0.15, 0.2) is 23.4 Å². The van der Waals surface area contributed by atoms with Crippen LogP contribution in [0.3, 0.4) is 0 Å². The highest BCUT2D eigenvalue weighted by Gasteiger charge is 2.31. The Morgan fingerprint density at radius 1 is 1.21 bits per heavy atom. The van der Waals surface area contributed by atoms with Crippen molar-refractivity contribution in [1.82, 2.24) is 25.1 Å². The van der Waals surface area contributed by atoms with Crippen LogP contribution in [0.5, 0.6) is 0 Å². The quantitative estimate of drug-likeness (QED) is 0.547. The van der Waals surface area contributed by atoms with Crippen LogP contribution >= 0.6 is 0 Å². The van der Waals surface area contributed by atoms with Gasteiger partial charge >= 0.3 is 6.18 Å². The van der Waals surface area contributed by atoms with E-state index in [0.717, 1.165) is 12.4 Å². The molecule has 0 aliphatic carbocycles. The molecular formula is C21H28F3N7O3. The average Bonchev–Trinajstić information content (AvgIpc) is 3.06. The maximum absolute atomic E-state index is 12.7.